The first-order valence-corrected chi connectivity index (χ1v) is 7.44. The molecule has 1 saturated heterocycles. The lowest BCUT2D eigenvalue weighted by atomic mass is 9.92. The molecule has 0 radical (unpaired) electrons. The van der Waals surface area contributed by atoms with Gasteiger partial charge >= 0.3 is 0 Å². The van der Waals surface area contributed by atoms with Gasteiger partial charge in [0.25, 0.3) is 0 Å². The number of halogens is 1. The maximum Gasteiger partial charge on any atom is 0.223 e. The largest absolute Gasteiger partial charge is 0.496 e. The standard InChI is InChI=1S/C16H24N2O3.ClH/c1-11-9-12(7-8-17-11)16(20)18-10-14(19)13-5-3-4-6-15(13)21-2;/h3-6,11-12,14,17,19H,7-10H2,1-2H3,(H,18,20);1H/t11-,12-,14?;/m0./s1. The molecule has 1 aromatic carbocycles. The fourth-order valence-corrected chi connectivity index (χ4v) is 2.76. The average Bonchev–Trinajstić information content (AvgIpc) is 2.52. The van der Waals surface area contributed by atoms with Crippen molar-refractivity contribution in [1.82, 2.24) is 10.6 Å². The summed E-state index contributed by atoms with van der Waals surface area (Å²) in [6.07, 6.45) is 0.932. The first-order chi connectivity index (χ1) is 10.1. The van der Waals surface area contributed by atoms with E-state index in [1.807, 2.05) is 18.2 Å². The molecule has 0 saturated carbocycles. The van der Waals surface area contributed by atoms with Crippen molar-refractivity contribution in [2.24, 2.45) is 5.92 Å². The highest BCUT2D eigenvalue weighted by Crippen LogP contribution is 2.24. The zero-order valence-electron chi connectivity index (χ0n) is 13.0. The van der Waals surface area contributed by atoms with Crippen LogP contribution in [0.3, 0.4) is 0 Å². The van der Waals surface area contributed by atoms with Crippen LogP contribution in [-0.2, 0) is 4.79 Å². The van der Waals surface area contributed by atoms with Crippen LogP contribution in [0, 0.1) is 5.92 Å². The summed E-state index contributed by atoms with van der Waals surface area (Å²) in [5.41, 5.74) is 0.693. The normalized spacial score (nSPS) is 22.3. The Morgan fingerprint density at radius 3 is 2.91 bits per heavy atom. The molecule has 2 rings (SSSR count). The van der Waals surface area contributed by atoms with Crippen molar-refractivity contribution < 1.29 is 14.6 Å². The predicted molar refractivity (Wildman–Crippen MR) is 88.4 cm³/mol. The van der Waals surface area contributed by atoms with E-state index in [4.69, 9.17) is 4.74 Å². The number of aliphatic hydroxyl groups excluding tert-OH is 1. The predicted octanol–water partition coefficient (Wildman–Crippen LogP) is 1.65. The molecule has 0 spiro atoms. The minimum absolute atomic E-state index is 0. The lowest BCUT2D eigenvalue weighted by Crippen LogP contribution is -2.43. The number of hydrogen-bond donors (Lipinski definition) is 3. The molecular formula is C16H25ClN2O3. The maximum absolute atomic E-state index is 12.2. The summed E-state index contributed by atoms with van der Waals surface area (Å²) in [7, 11) is 1.57. The lowest BCUT2D eigenvalue weighted by Gasteiger charge is -2.27. The molecule has 0 aromatic heterocycles. The third kappa shape index (κ3) is 4.87. The number of piperidine rings is 1. The number of carbonyl (C=O) groups excluding carboxylic acids is 1. The first-order valence-electron chi connectivity index (χ1n) is 7.44. The smallest absolute Gasteiger partial charge is 0.223 e. The minimum Gasteiger partial charge on any atom is -0.496 e. The van der Waals surface area contributed by atoms with Crippen molar-refractivity contribution in [2.45, 2.75) is 31.9 Å². The van der Waals surface area contributed by atoms with Crippen molar-refractivity contribution in [3.63, 3.8) is 0 Å². The van der Waals surface area contributed by atoms with Crippen LogP contribution in [-0.4, -0.2) is 37.3 Å². The van der Waals surface area contributed by atoms with Gasteiger partial charge in [-0.15, -0.1) is 12.4 Å². The van der Waals surface area contributed by atoms with Crippen LogP contribution in [0.2, 0.25) is 0 Å². The molecule has 124 valence electrons. The molecule has 1 aliphatic heterocycles. The van der Waals surface area contributed by atoms with Crippen LogP contribution in [0.15, 0.2) is 24.3 Å². The zero-order chi connectivity index (χ0) is 15.2. The van der Waals surface area contributed by atoms with Gasteiger partial charge in [0.05, 0.1) is 13.2 Å². The van der Waals surface area contributed by atoms with Gasteiger partial charge in [0.1, 0.15) is 5.75 Å². The molecule has 1 fully saturated rings. The molecule has 1 aromatic rings. The molecule has 1 amide bonds. The zero-order valence-corrected chi connectivity index (χ0v) is 13.9. The highest BCUT2D eigenvalue weighted by Gasteiger charge is 2.25. The summed E-state index contributed by atoms with van der Waals surface area (Å²) >= 11 is 0. The minimum atomic E-state index is -0.760. The molecule has 0 aliphatic carbocycles. The van der Waals surface area contributed by atoms with E-state index in [9.17, 15) is 9.90 Å². The van der Waals surface area contributed by atoms with Crippen molar-refractivity contribution in [1.29, 1.82) is 0 Å². The van der Waals surface area contributed by atoms with Crippen LogP contribution in [0.5, 0.6) is 5.75 Å². The summed E-state index contributed by atoms with van der Waals surface area (Å²) < 4.78 is 5.22. The number of aliphatic hydroxyl groups is 1. The van der Waals surface area contributed by atoms with E-state index >= 15 is 0 Å². The lowest BCUT2D eigenvalue weighted by molar-refractivity contribution is -0.126. The summed E-state index contributed by atoms with van der Waals surface area (Å²) in [6.45, 7) is 3.16. The molecule has 1 heterocycles. The summed E-state index contributed by atoms with van der Waals surface area (Å²) in [4.78, 5) is 12.2. The number of hydrogen-bond acceptors (Lipinski definition) is 4. The van der Waals surface area contributed by atoms with Crippen molar-refractivity contribution in [2.75, 3.05) is 20.2 Å². The highest BCUT2D eigenvalue weighted by atomic mass is 35.5. The number of amides is 1. The Morgan fingerprint density at radius 2 is 2.23 bits per heavy atom. The Labute approximate surface area is 137 Å². The second-order valence-corrected chi connectivity index (χ2v) is 5.58. The Hall–Kier alpha value is -1.30. The first kappa shape index (κ1) is 18.7. The molecule has 22 heavy (non-hydrogen) atoms. The van der Waals surface area contributed by atoms with Crippen molar-refractivity contribution in [3.8, 4) is 5.75 Å². The third-order valence-electron chi connectivity index (χ3n) is 3.96. The molecular weight excluding hydrogens is 304 g/mol. The van der Waals surface area contributed by atoms with Gasteiger partial charge in [-0.1, -0.05) is 18.2 Å². The molecule has 3 atom stereocenters. The van der Waals surface area contributed by atoms with Gasteiger partial charge in [-0.2, -0.15) is 0 Å². The maximum atomic E-state index is 12.2. The Balaban J connectivity index is 0.00000242. The van der Waals surface area contributed by atoms with Gasteiger partial charge in [-0.3, -0.25) is 4.79 Å². The van der Waals surface area contributed by atoms with Gasteiger partial charge < -0.3 is 20.5 Å². The number of rotatable bonds is 5. The molecule has 5 nitrogen and oxygen atoms in total. The number of benzene rings is 1. The molecule has 3 N–H and O–H groups in total. The van der Waals surface area contributed by atoms with Gasteiger partial charge in [0, 0.05) is 24.1 Å². The average molecular weight is 329 g/mol. The molecule has 6 heteroatoms. The summed E-state index contributed by atoms with van der Waals surface area (Å²) in [5, 5.41) is 16.4. The van der Waals surface area contributed by atoms with Gasteiger partial charge in [-0.05, 0) is 32.4 Å². The number of ether oxygens (including phenoxy) is 1. The van der Waals surface area contributed by atoms with E-state index < -0.39 is 6.10 Å². The fraction of sp³-hybridized carbons (Fsp3) is 0.562. The highest BCUT2D eigenvalue weighted by molar-refractivity contribution is 5.85. The van der Waals surface area contributed by atoms with E-state index in [-0.39, 0.29) is 30.8 Å². The van der Waals surface area contributed by atoms with Gasteiger partial charge in [-0.25, -0.2) is 0 Å². The van der Waals surface area contributed by atoms with Crippen LogP contribution in [0.25, 0.3) is 0 Å². The molecule has 0 bridgehead atoms. The van der Waals surface area contributed by atoms with Gasteiger partial charge in [0.15, 0.2) is 0 Å². The second kappa shape index (κ2) is 8.98. The van der Waals surface area contributed by atoms with Crippen LogP contribution in [0.1, 0.15) is 31.4 Å². The van der Waals surface area contributed by atoms with Crippen LogP contribution < -0.4 is 15.4 Å². The number of methoxy groups -OCH3 is 1. The Kier molecular flexibility index (Phi) is 7.65. The Morgan fingerprint density at radius 1 is 1.50 bits per heavy atom. The van der Waals surface area contributed by atoms with Crippen molar-refractivity contribution in [3.05, 3.63) is 29.8 Å². The SMILES string of the molecule is COc1ccccc1C(O)CNC(=O)[C@H]1CCN[C@@H](C)C1.Cl. The van der Waals surface area contributed by atoms with E-state index in [1.165, 1.54) is 0 Å². The van der Waals surface area contributed by atoms with E-state index in [2.05, 4.69) is 17.6 Å². The van der Waals surface area contributed by atoms with E-state index in [1.54, 1.807) is 13.2 Å². The quantitative estimate of drug-likeness (QED) is 0.768. The summed E-state index contributed by atoms with van der Waals surface area (Å²) in [5.74, 6) is 0.693. The number of nitrogens with one attached hydrogen (secondary N) is 2. The Bertz CT molecular complexity index is 484. The van der Waals surface area contributed by atoms with E-state index in [0.717, 1.165) is 19.4 Å². The fourth-order valence-electron chi connectivity index (χ4n) is 2.76. The molecule has 1 unspecified atom stereocenters. The summed E-state index contributed by atoms with van der Waals surface area (Å²) in [6, 6.07) is 7.67. The third-order valence-corrected chi connectivity index (χ3v) is 3.96. The number of para-hydroxylation sites is 1. The number of carbonyl (C=O) groups is 1. The van der Waals surface area contributed by atoms with Crippen LogP contribution >= 0.6 is 12.4 Å². The second-order valence-electron chi connectivity index (χ2n) is 5.58. The van der Waals surface area contributed by atoms with Crippen molar-refractivity contribution >= 4 is 18.3 Å². The van der Waals surface area contributed by atoms with Crippen LogP contribution in [0.4, 0.5) is 0 Å². The molecule has 1 aliphatic rings. The van der Waals surface area contributed by atoms with Gasteiger partial charge in [0.2, 0.25) is 5.91 Å². The van der Waals surface area contributed by atoms with E-state index in [0.29, 0.717) is 17.4 Å². The topological polar surface area (TPSA) is 70.6 Å². The monoisotopic (exact) mass is 328 g/mol.